The number of aromatic nitrogens is 2. The number of nitrogens with two attached hydrogens (primary N) is 1. The zero-order chi connectivity index (χ0) is 13.2. The lowest BCUT2D eigenvalue weighted by atomic mass is 9.85. The van der Waals surface area contributed by atoms with Gasteiger partial charge in [-0.1, -0.05) is 0 Å². The highest BCUT2D eigenvalue weighted by atomic mass is 16.5. The number of Topliss-reactive ketones (excluding diaryl/α,β-unsaturated/α-hetero) is 1. The summed E-state index contributed by atoms with van der Waals surface area (Å²) in [4.78, 5) is 12.3. The zero-order valence-electron chi connectivity index (χ0n) is 11.1. The molecule has 1 aromatic rings. The van der Waals surface area contributed by atoms with E-state index in [1.54, 1.807) is 0 Å². The largest absolute Gasteiger partial charge is 0.381 e. The van der Waals surface area contributed by atoms with E-state index in [1.807, 2.05) is 24.6 Å². The first-order valence-electron chi connectivity index (χ1n) is 6.48. The molecule has 1 saturated heterocycles. The van der Waals surface area contributed by atoms with Gasteiger partial charge in [0, 0.05) is 25.5 Å². The Morgan fingerprint density at radius 3 is 2.83 bits per heavy atom. The lowest BCUT2D eigenvalue weighted by molar-refractivity contribution is -0.127. The number of nitrogens with zero attached hydrogens (tertiary/aromatic N) is 2. The van der Waals surface area contributed by atoms with Crippen LogP contribution in [0.25, 0.3) is 0 Å². The molecule has 0 unspecified atom stereocenters. The van der Waals surface area contributed by atoms with Gasteiger partial charge in [-0.25, -0.2) is 0 Å². The van der Waals surface area contributed by atoms with Crippen molar-refractivity contribution in [2.75, 3.05) is 13.2 Å². The Hall–Kier alpha value is -1.20. The van der Waals surface area contributed by atoms with Gasteiger partial charge in [0.1, 0.15) is 0 Å². The van der Waals surface area contributed by atoms with Crippen molar-refractivity contribution in [2.24, 2.45) is 5.73 Å². The van der Waals surface area contributed by atoms with Crippen LogP contribution in [0.1, 0.15) is 31.2 Å². The van der Waals surface area contributed by atoms with Crippen LogP contribution in [0.15, 0.2) is 6.07 Å². The van der Waals surface area contributed by atoms with Crippen LogP contribution >= 0.6 is 0 Å². The molecule has 1 fully saturated rings. The fourth-order valence-electron chi connectivity index (χ4n) is 2.37. The second-order valence-corrected chi connectivity index (χ2v) is 4.96. The van der Waals surface area contributed by atoms with Crippen molar-refractivity contribution < 1.29 is 9.53 Å². The molecule has 1 aliphatic heterocycles. The highest BCUT2D eigenvalue weighted by Crippen LogP contribution is 2.21. The van der Waals surface area contributed by atoms with Gasteiger partial charge < -0.3 is 10.5 Å². The van der Waals surface area contributed by atoms with E-state index in [-0.39, 0.29) is 5.78 Å². The molecule has 18 heavy (non-hydrogen) atoms. The van der Waals surface area contributed by atoms with Gasteiger partial charge in [0.25, 0.3) is 0 Å². The molecule has 5 nitrogen and oxygen atoms in total. The number of hydrogen-bond donors (Lipinski definition) is 1. The molecule has 100 valence electrons. The molecule has 0 bridgehead atoms. The first kappa shape index (κ1) is 13.2. The first-order valence-corrected chi connectivity index (χ1v) is 6.48. The van der Waals surface area contributed by atoms with Crippen molar-refractivity contribution >= 4 is 5.78 Å². The summed E-state index contributed by atoms with van der Waals surface area (Å²) >= 11 is 0. The smallest absolute Gasteiger partial charge is 0.158 e. The Morgan fingerprint density at radius 2 is 2.22 bits per heavy atom. The predicted octanol–water partition coefficient (Wildman–Crippen LogP) is 0.831. The van der Waals surface area contributed by atoms with Crippen LogP contribution in [0, 0.1) is 6.92 Å². The standard InChI is InChI=1S/C13H21N3O2/c1-3-16-11(8-10(2)15-16)9-12(17)13(14)4-6-18-7-5-13/h8H,3-7,9,14H2,1-2H3. The molecule has 2 N–H and O–H groups in total. The number of ether oxygens (including phenoxy) is 1. The third kappa shape index (κ3) is 2.62. The maximum absolute atomic E-state index is 12.3. The van der Waals surface area contributed by atoms with Gasteiger partial charge in [-0.05, 0) is 32.8 Å². The fraction of sp³-hybridized carbons (Fsp3) is 0.692. The third-order valence-corrected chi connectivity index (χ3v) is 3.57. The van der Waals surface area contributed by atoms with E-state index in [2.05, 4.69) is 5.10 Å². The molecule has 1 aromatic heterocycles. The van der Waals surface area contributed by atoms with Crippen LogP contribution in [-0.4, -0.2) is 34.3 Å². The first-order chi connectivity index (χ1) is 8.55. The minimum absolute atomic E-state index is 0.0976. The highest BCUT2D eigenvalue weighted by Gasteiger charge is 2.35. The molecule has 1 aliphatic rings. The summed E-state index contributed by atoms with van der Waals surface area (Å²) in [6.07, 6.45) is 1.60. The summed E-state index contributed by atoms with van der Waals surface area (Å²) in [5.41, 5.74) is 7.37. The van der Waals surface area contributed by atoms with E-state index in [9.17, 15) is 4.79 Å². The average molecular weight is 251 g/mol. The van der Waals surface area contributed by atoms with Gasteiger partial charge in [0.15, 0.2) is 5.78 Å². The highest BCUT2D eigenvalue weighted by molar-refractivity contribution is 5.89. The van der Waals surface area contributed by atoms with Gasteiger partial charge in [-0.3, -0.25) is 9.48 Å². The van der Waals surface area contributed by atoms with E-state index >= 15 is 0 Å². The van der Waals surface area contributed by atoms with Gasteiger partial charge in [-0.2, -0.15) is 5.10 Å². The molecule has 0 spiro atoms. The molecular weight excluding hydrogens is 230 g/mol. The van der Waals surface area contributed by atoms with Gasteiger partial charge in [-0.15, -0.1) is 0 Å². The number of rotatable bonds is 4. The number of ketones is 1. The Balaban J connectivity index is 2.10. The zero-order valence-corrected chi connectivity index (χ0v) is 11.1. The predicted molar refractivity (Wildman–Crippen MR) is 68.3 cm³/mol. The van der Waals surface area contributed by atoms with Crippen molar-refractivity contribution in [1.29, 1.82) is 0 Å². The van der Waals surface area contributed by atoms with Crippen molar-refractivity contribution in [2.45, 2.75) is 45.2 Å². The molecule has 2 rings (SSSR count). The van der Waals surface area contributed by atoms with Crippen molar-refractivity contribution in [1.82, 2.24) is 9.78 Å². The maximum Gasteiger partial charge on any atom is 0.158 e. The van der Waals surface area contributed by atoms with E-state index < -0.39 is 5.54 Å². The summed E-state index contributed by atoms with van der Waals surface area (Å²) in [5.74, 6) is 0.0976. The topological polar surface area (TPSA) is 70.1 Å². The van der Waals surface area contributed by atoms with Crippen molar-refractivity contribution in [3.05, 3.63) is 17.5 Å². The van der Waals surface area contributed by atoms with E-state index in [0.717, 1.165) is 17.9 Å². The fourth-order valence-corrected chi connectivity index (χ4v) is 2.37. The Morgan fingerprint density at radius 1 is 1.56 bits per heavy atom. The minimum atomic E-state index is -0.713. The Kier molecular flexibility index (Phi) is 3.82. The van der Waals surface area contributed by atoms with Crippen LogP contribution < -0.4 is 5.73 Å². The quantitative estimate of drug-likeness (QED) is 0.860. The SMILES string of the molecule is CCn1nc(C)cc1CC(=O)C1(N)CCOCC1. The molecule has 0 aromatic carbocycles. The van der Waals surface area contributed by atoms with Gasteiger partial charge in [0.05, 0.1) is 17.7 Å². The second-order valence-electron chi connectivity index (χ2n) is 4.96. The summed E-state index contributed by atoms with van der Waals surface area (Å²) in [7, 11) is 0. The summed E-state index contributed by atoms with van der Waals surface area (Å²) < 4.78 is 7.14. The molecule has 0 aliphatic carbocycles. The van der Waals surface area contributed by atoms with Crippen LogP contribution in [0.3, 0.4) is 0 Å². The molecule has 0 radical (unpaired) electrons. The third-order valence-electron chi connectivity index (χ3n) is 3.57. The van der Waals surface area contributed by atoms with Crippen LogP contribution in [0.2, 0.25) is 0 Å². The average Bonchev–Trinajstić information content (AvgIpc) is 2.70. The lowest BCUT2D eigenvalue weighted by Crippen LogP contribution is -2.52. The van der Waals surface area contributed by atoms with Crippen LogP contribution in [0.4, 0.5) is 0 Å². The number of aryl methyl sites for hydroxylation is 2. The number of carbonyl (C=O) groups excluding carboxylic acids is 1. The van der Waals surface area contributed by atoms with E-state index in [1.165, 1.54) is 0 Å². The second kappa shape index (κ2) is 5.20. The molecular formula is C13H21N3O2. The Bertz CT molecular complexity index is 433. The van der Waals surface area contributed by atoms with Crippen molar-refractivity contribution in [3.8, 4) is 0 Å². The molecule has 0 saturated carbocycles. The molecule has 0 atom stereocenters. The van der Waals surface area contributed by atoms with Crippen LogP contribution in [0.5, 0.6) is 0 Å². The summed E-state index contributed by atoms with van der Waals surface area (Å²) in [6.45, 7) is 5.89. The Labute approximate surface area is 107 Å². The summed E-state index contributed by atoms with van der Waals surface area (Å²) in [5, 5.41) is 4.35. The maximum atomic E-state index is 12.3. The molecule has 2 heterocycles. The lowest BCUT2D eigenvalue weighted by Gasteiger charge is -2.31. The van der Waals surface area contributed by atoms with E-state index in [0.29, 0.717) is 32.5 Å². The van der Waals surface area contributed by atoms with E-state index in [4.69, 9.17) is 10.5 Å². The summed E-state index contributed by atoms with van der Waals surface area (Å²) in [6, 6.07) is 1.96. The molecule has 5 heteroatoms. The van der Waals surface area contributed by atoms with Crippen molar-refractivity contribution in [3.63, 3.8) is 0 Å². The molecule has 0 amide bonds. The number of hydrogen-bond acceptors (Lipinski definition) is 4. The number of carbonyl (C=O) groups is 1. The van der Waals surface area contributed by atoms with Crippen LogP contribution in [-0.2, 0) is 22.5 Å². The van der Waals surface area contributed by atoms with Gasteiger partial charge in [0.2, 0.25) is 0 Å². The monoisotopic (exact) mass is 251 g/mol. The normalized spacial score (nSPS) is 18.8. The van der Waals surface area contributed by atoms with Gasteiger partial charge >= 0.3 is 0 Å². The minimum Gasteiger partial charge on any atom is -0.381 e.